The summed E-state index contributed by atoms with van der Waals surface area (Å²) < 4.78 is 71.0. The van der Waals surface area contributed by atoms with Gasteiger partial charge in [0.15, 0.2) is 0 Å². The first kappa shape index (κ1) is 25.9. The lowest BCUT2D eigenvalue weighted by Crippen LogP contribution is -2.31. The lowest BCUT2D eigenvalue weighted by Gasteiger charge is -2.22. The van der Waals surface area contributed by atoms with Gasteiger partial charge in [0.1, 0.15) is 11.6 Å². The molecule has 0 unspecified atom stereocenters. The zero-order valence-electron chi connectivity index (χ0n) is 19.0. The number of rotatable bonds is 10. The minimum Gasteiger partial charge on any atom is -0.495 e. The normalized spacial score (nSPS) is 14.7. The van der Waals surface area contributed by atoms with Crippen LogP contribution in [0.5, 0.6) is 5.75 Å². The van der Waals surface area contributed by atoms with Crippen molar-refractivity contribution in [3.05, 3.63) is 48.3 Å². The molecule has 12 heteroatoms. The molecule has 0 aliphatic carbocycles. The first-order valence-corrected chi connectivity index (χ1v) is 14.0. The zero-order chi connectivity index (χ0) is 24.9. The van der Waals surface area contributed by atoms with Crippen LogP contribution in [0.4, 0.5) is 15.8 Å². The van der Waals surface area contributed by atoms with E-state index in [-0.39, 0.29) is 30.0 Å². The van der Waals surface area contributed by atoms with Gasteiger partial charge in [0.25, 0.3) is 0 Å². The van der Waals surface area contributed by atoms with Gasteiger partial charge in [-0.1, -0.05) is 0 Å². The van der Waals surface area contributed by atoms with Crippen molar-refractivity contribution in [3.63, 3.8) is 0 Å². The average Bonchev–Trinajstić information content (AvgIpc) is 3.33. The molecule has 2 aromatic carbocycles. The molecule has 1 fully saturated rings. The first-order valence-electron chi connectivity index (χ1n) is 10.7. The number of halogens is 1. The van der Waals surface area contributed by atoms with E-state index in [1.54, 1.807) is 0 Å². The third-order valence-corrected chi connectivity index (χ3v) is 8.52. The van der Waals surface area contributed by atoms with Gasteiger partial charge < -0.3 is 10.1 Å². The van der Waals surface area contributed by atoms with Crippen LogP contribution in [0.15, 0.2) is 47.4 Å². The van der Waals surface area contributed by atoms with Gasteiger partial charge in [-0.05, 0) is 61.7 Å². The van der Waals surface area contributed by atoms with Gasteiger partial charge in [-0.15, -0.1) is 0 Å². The second kappa shape index (κ2) is 10.7. The summed E-state index contributed by atoms with van der Waals surface area (Å²) in [5, 5.41) is 2.66. The van der Waals surface area contributed by atoms with E-state index < -0.39 is 31.8 Å². The van der Waals surface area contributed by atoms with E-state index in [0.29, 0.717) is 24.5 Å². The lowest BCUT2D eigenvalue weighted by atomic mass is 10.2. The van der Waals surface area contributed by atoms with Gasteiger partial charge in [-0.3, -0.25) is 9.10 Å². The lowest BCUT2D eigenvalue weighted by molar-refractivity contribution is -0.116. The number of nitrogens with one attached hydrogen (secondary N) is 1. The van der Waals surface area contributed by atoms with Crippen LogP contribution in [0, 0.1) is 5.82 Å². The maximum absolute atomic E-state index is 13.2. The summed E-state index contributed by atoms with van der Waals surface area (Å²) >= 11 is 0. The van der Waals surface area contributed by atoms with Crippen molar-refractivity contribution in [1.29, 1.82) is 0 Å². The molecule has 1 aliphatic rings. The van der Waals surface area contributed by atoms with Crippen molar-refractivity contribution in [2.45, 2.75) is 30.6 Å². The molecule has 0 atom stereocenters. The number of amides is 1. The van der Waals surface area contributed by atoms with E-state index in [4.69, 9.17) is 4.74 Å². The molecule has 1 N–H and O–H groups in total. The standard InChI is InChI=1S/C22H28FN3O6S2/c1-32-21-12-11-19(34(30,31)25-13-3-4-14-25)16-20(21)24-22(27)6-5-15-26(33(2,28)29)18-9-7-17(23)8-10-18/h7-12,16H,3-6,13-15H2,1-2H3,(H,24,27). The molecule has 186 valence electrons. The number of benzene rings is 2. The summed E-state index contributed by atoms with van der Waals surface area (Å²) in [6, 6.07) is 9.33. The molecule has 0 spiro atoms. The Bertz CT molecular complexity index is 1230. The highest BCUT2D eigenvalue weighted by molar-refractivity contribution is 7.92. The van der Waals surface area contributed by atoms with E-state index in [9.17, 15) is 26.0 Å². The number of nitrogens with zero attached hydrogens (tertiary/aromatic N) is 2. The van der Waals surface area contributed by atoms with E-state index in [2.05, 4.69) is 5.32 Å². The van der Waals surface area contributed by atoms with Crippen LogP contribution < -0.4 is 14.4 Å². The minimum atomic E-state index is -3.67. The summed E-state index contributed by atoms with van der Waals surface area (Å²) in [6.07, 6.45) is 2.81. The summed E-state index contributed by atoms with van der Waals surface area (Å²) in [6.45, 7) is 0.931. The Morgan fingerprint density at radius 1 is 1.09 bits per heavy atom. The van der Waals surface area contributed by atoms with Crippen molar-refractivity contribution < 1.29 is 30.8 Å². The third kappa shape index (κ3) is 6.24. The Morgan fingerprint density at radius 3 is 2.32 bits per heavy atom. The van der Waals surface area contributed by atoms with Crippen LogP contribution in [0.25, 0.3) is 0 Å². The molecule has 0 aromatic heterocycles. The highest BCUT2D eigenvalue weighted by atomic mass is 32.2. The first-order chi connectivity index (χ1) is 16.0. The van der Waals surface area contributed by atoms with E-state index in [1.807, 2.05) is 0 Å². The Morgan fingerprint density at radius 2 is 1.74 bits per heavy atom. The Kier molecular flexibility index (Phi) is 8.16. The summed E-state index contributed by atoms with van der Waals surface area (Å²) in [5.41, 5.74) is 0.511. The van der Waals surface area contributed by atoms with Gasteiger partial charge in [0.05, 0.1) is 29.6 Å². The maximum Gasteiger partial charge on any atom is 0.243 e. The summed E-state index contributed by atoms with van der Waals surface area (Å²) in [5.74, 6) is -0.612. The van der Waals surface area contributed by atoms with E-state index in [1.165, 1.54) is 41.7 Å². The SMILES string of the molecule is COc1ccc(S(=O)(=O)N2CCCC2)cc1NC(=O)CCCN(c1ccc(F)cc1)S(C)(=O)=O. The predicted molar refractivity (Wildman–Crippen MR) is 127 cm³/mol. The van der Waals surface area contributed by atoms with Crippen molar-refractivity contribution in [2.75, 3.05) is 42.6 Å². The van der Waals surface area contributed by atoms with E-state index in [0.717, 1.165) is 35.5 Å². The highest BCUT2D eigenvalue weighted by Gasteiger charge is 2.28. The fourth-order valence-electron chi connectivity index (χ4n) is 3.71. The molecule has 34 heavy (non-hydrogen) atoms. The highest BCUT2D eigenvalue weighted by Crippen LogP contribution is 2.30. The van der Waals surface area contributed by atoms with Crippen LogP contribution in [0.3, 0.4) is 0 Å². The Labute approximate surface area is 199 Å². The number of hydrogen-bond donors (Lipinski definition) is 1. The number of carbonyl (C=O) groups is 1. The molecule has 0 saturated carbocycles. The molecule has 1 amide bonds. The van der Waals surface area contributed by atoms with Crippen LogP contribution in [-0.4, -0.2) is 60.0 Å². The quantitative estimate of drug-likeness (QED) is 0.523. The van der Waals surface area contributed by atoms with Crippen molar-refractivity contribution in [3.8, 4) is 5.75 Å². The number of methoxy groups -OCH3 is 1. The molecule has 0 radical (unpaired) electrons. The molecule has 1 saturated heterocycles. The monoisotopic (exact) mass is 513 g/mol. The van der Waals surface area contributed by atoms with Gasteiger partial charge in [-0.25, -0.2) is 21.2 Å². The van der Waals surface area contributed by atoms with Gasteiger partial charge in [0.2, 0.25) is 26.0 Å². The fourth-order valence-corrected chi connectivity index (χ4v) is 6.22. The van der Waals surface area contributed by atoms with Crippen LogP contribution in [-0.2, 0) is 24.8 Å². The zero-order valence-corrected chi connectivity index (χ0v) is 20.7. The minimum absolute atomic E-state index is 0.0123. The van der Waals surface area contributed by atoms with E-state index >= 15 is 0 Å². The predicted octanol–water partition coefficient (Wildman–Crippen LogP) is 2.80. The smallest absolute Gasteiger partial charge is 0.243 e. The summed E-state index contributed by atoms with van der Waals surface area (Å²) in [4.78, 5) is 12.6. The molecule has 1 aliphatic heterocycles. The Balaban J connectivity index is 1.68. The van der Waals surface area contributed by atoms with Crippen molar-refractivity contribution in [2.24, 2.45) is 0 Å². The van der Waals surface area contributed by atoms with Gasteiger partial charge in [-0.2, -0.15) is 4.31 Å². The molecule has 1 heterocycles. The third-order valence-electron chi connectivity index (χ3n) is 5.43. The average molecular weight is 514 g/mol. The van der Waals surface area contributed by atoms with Gasteiger partial charge >= 0.3 is 0 Å². The molecule has 0 bridgehead atoms. The largest absolute Gasteiger partial charge is 0.495 e. The molecule has 3 rings (SSSR count). The topological polar surface area (TPSA) is 113 Å². The van der Waals surface area contributed by atoms with Crippen LogP contribution in [0.1, 0.15) is 25.7 Å². The number of sulfonamides is 2. The fraction of sp³-hybridized carbons (Fsp3) is 0.409. The van der Waals surface area contributed by atoms with Crippen molar-refractivity contribution in [1.82, 2.24) is 4.31 Å². The number of anilines is 2. The van der Waals surface area contributed by atoms with Crippen LogP contribution >= 0.6 is 0 Å². The molecular weight excluding hydrogens is 485 g/mol. The second-order valence-electron chi connectivity index (χ2n) is 7.94. The number of ether oxygens (including phenoxy) is 1. The van der Waals surface area contributed by atoms with Gasteiger partial charge in [0, 0.05) is 26.1 Å². The maximum atomic E-state index is 13.2. The summed E-state index contributed by atoms with van der Waals surface area (Å²) in [7, 11) is -5.91. The molecular formula is C22H28FN3O6S2. The second-order valence-corrected chi connectivity index (χ2v) is 11.8. The number of hydrogen-bond acceptors (Lipinski definition) is 6. The molecule has 9 nitrogen and oxygen atoms in total. The Hall–Kier alpha value is -2.70. The van der Waals surface area contributed by atoms with Crippen molar-refractivity contribution >= 4 is 37.3 Å². The van der Waals surface area contributed by atoms with Crippen LogP contribution in [0.2, 0.25) is 0 Å². The number of carbonyl (C=O) groups excluding carboxylic acids is 1. The molecule has 2 aromatic rings.